The zero-order valence-corrected chi connectivity index (χ0v) is 16.8. The minimum absolute atomic E-state index is 0.00509. The van der Waals surface area contributed by atoms with E-state index in [-0.39, 0.29) is 24.5 Å². The topological polar surface area (TPSA) is 92.5 Å². The van der Waals surface area contributed by atoms with E-state index in [1.165, 1.54) is 0 Å². The number of sulfonamides is 1. The molecule has 2 aromatic heterocycles. The Morgan fingerprint density at radius 2 is 2.19 bits per heavy atom. The van der Waals surface area contributed by atoms with Gasteiger partial charge in [0.1, 0.15) is 17.5 Å². The predicted octanol–water partition coefficient (Wildman–Crippen LogP) is 2.00. The van der Waals surface area contributed by atoms with Crippen LogP contribution in [0.2, 0.25) is 5.15 Å². The Bertz CT molecular complexity index is 977. The molecule has 2 aromatic rings. The molecule has 2 fully saturated rings. The molecule has 4 rings (SSSR count). The Hall–Kier alpha value is -1.52. The van der Waals surface area contributed by atoms with Crippen LogP contribution in [-0.2, 0) is 15.4 Å². The Labute approximate surface area is 162 Å². The lowest BCUT2D eigenvalue weighted by molar-refractivity contribution is 0.186. The van der Waals surface area contributed by atoms with Gasteiger partial charge in [-0.1, -0.05) is 18.5 Å². The summed E-state index contributed by atoms with van der Waals surface area (Å²) >= 11 is 6.24. The quantitative estimate of drug-likeness (QED) is 0.801. The van der Waals surface area contributed by atoms with Crippen molar-refractivity contribution in [2.75, 3.05) is 24.7 Å². The average molecular weight is 417 g/mol. The summed E-state index contributed by atoms with van der Waals surface area (Å²) in [6.07, 6.45) is 4.71. The fraction of sp³-hybridized carbons (Fsp3) is 0.688. The van der Waals surface area contributed by atoms with Crippen LogP contribution in [-0.4, -0.2) is 63.9 Å². The number of nitrogens with one attached hydrogen (secondary N) is 1. The van der Waals surface area contributed by atoms with E-state index in [1.807, 2.05) is 0 Å². The first-order chi connectivity index (χ1) is 12.7. The molecule has 8 nitrogen and oxygen atoms in total. The first-order valence-electron chi connectivity index (χ1n) is 9.01. The van der Waals surface area contributed by atoms with Crippen LogP contribution in [0.3, 0.4) is 0 Å². The van der Waals surface area contributed by atoms with Gasteiger partial charge in [0.25, 0.3) is 0 Å². The standard InChI is InChI=1S/C16H22ClFN6O2S/c1-3-16(5-6-16)14-21-13(17)12-8-19-15(22-24(12)14)20-11-4-7-23(9-10(11)18)27(2,25)26/h8,10-11H,3-7,9H2,1-2H3,(H,20,22)/t10-,11-/m1/s1. The Morgan fingerprint density at radius 3 is 2.78 bits per heavy atom. The molecular weight excluding hydrogens is 395 g/mol. The Kier molecular flexibility index (Phi) is 4.55. The van der Waals surface area contributed by atoms with Gasteiger partial charge in [0.2, 0.25) is 16.0 Å². The van der Waals surface area contributed by atoms with Crippen molar-refractivity contribution in [1.29, 1.82) is 0 Å². The van der Waals surface area contributed by atoms with Crippen LogP contribution in [0.5, 0.6) is 0 Å². The van der Waals surface area contributed by atoms with E-state index >= 15 is 0 Å². The summed E-state index contributed by atoms with van der Waals surface area (Å²) in [6, 6.07) is -0.552. The van der Waals surface area contributed by atoms with Gasteiger partial charge in [0.15, 0.2) is 5.15 Å². The second kappa shape index (κ2) is 6.52. The van der Waals surface area contributed by atoms with Crippen molar-refractivity contribution in [2.24, 2.45) is 0 Å². The zero-order valence-electron chi connectivity index (χ0n) is 15.2. The minimum atomic E-state index is -3.39. The minimum Gasteiger partial charge on any atom is -0.347 e. The smallest absolute Gasteiger partial charge is 0.241 e. The molecule has 1 saturated carbocycles. The van der Waals surface area contributed by atoms with E-state index in [4.69, 9.17) is 11.6 Å². The number of anilines is 1. The van der Waals surface area contributed by atoms with Gasteiger partial charge >= 0.3 is 0 Å². The lowest BCUT2D eigenvalue weighted by Crippen LogP contribution is -2.49. The van der Waals surface area contributed by atoms with E-state index in [9.17, 15) is 12.8 Å². The fourth-order valence-corrected chi connectivity index (χ4v) is 4.71. The molecule has 0 spiro atoms. The van der Waals surface area contributed by atoms with Gasteiger partial charge in [-0.15, -0.1) is 5.10 Å². The molecule has 27 heavy (non-hydrogen) atoms. The van der Waals surface area contributed by atoms with E-state index in [0.717, 1.165) is 35.6 Å². The molecule has 0 unspecified atom stereocenters. The normalized spacial score (nSPS) is 25.6. The first-order valence-corrected chi connectivity index (χ1v) is 11.2. The van der Waals surface area contributed by atoms with E-state index in [1.54, 1.807) is 10.7 Å². The molecule has 3 heterocycles. The monoisotopic (exact) mass is 416 g/mol. The highest BCUT2D eigenvalue weighted by Gasteiger charge is 2.47. The maximum atomic E-state index is 14.5. The summed E-state index contributed by atoms with van der Waals surface area (Å²) < 4.78 is 40.6. The molecule has 0 amide bonds. The third-order valence-electron chi connectivity index (χ3n) is 5.64. The van der Waals surface area contributed by atoms with Crippen LogP contribution >= 0.6 is 11.6 Å². The number of hydrogen-bond acceptors (Lipinski definition) is 6. The van der Waals surface area contributed by atoms with E-state index in [0.29, 0.717) is 17.1 Å². The summed E-state index contributed by atoms with van der Waals surface area (Å²) in [5.41, 5.74) is 0.631. The number of alkyl halides is 1. The summed E-state index contributed by atoms with van der Waals surface area (Å²) in [4.78, 5) is 8.72. The molecule has 1 saturated heterocycles. The largest absolute Gasteiger partial charge is 0.347 e. The molecule has 2 atom stereocenters. The van der Waals surface area contributed by atoms with Gasteiger partial charge in [-0.25, -0.2) is 27.3 Å². The molecule has 11 heteroatoms. The highest BCUT2D eigenvalue weighted by molar-refractivity contribution is 7.88. The summed E-state index contributed by atoms with van der Waals surface area (Å²) in [5.74, 6) is 1.10. The van der Waals surface area contributed by atoms with Crippen LogP contribution in [0.4, 0.5) is 10.3 Å². The first kappa shape index (κ1) is 18.8. The van der Waals surface area contributed by atoms with Crippen molar-refractivity contribution in [3.63, 3.8) is 0 Å². The molecule has 148 valence electrons. The van der Waals surface area contributed by atoms with Crippen molar-refractivity contribution in [3.8, 4) is 0 Å². The highest BCUT2D eigenvalue weighted by Crippen LogP contribution is 2.50. The lowest BCUT2D eigenvalue weighted by atomic mass is 10.0. The van der Waals surface area contributed by atoms with Crippen LogP contribution in [0.25, 0.3) is 5.52 Å². The van der Waals surface area contributed by atoms with Crippen molar-refractivity contribution < 1.29 is 12.8 Å². The van der Waals surface area contributed by atoms with Crippen LogP contribution in [0, 0.1) is 0 Å². The second-order valence-electron chi connectivity index (χ2n) is 7.42. The Morgan fingerprint density at radius 1 is 1.44 bits per heavy atom. The predicted molar refractivity (Wildman–Crippen MR) is 100 cm³/mol. The van der Waals surface area contributed by atoms with Crippen molar-refractivity contribution >= 4 is 33.1 Å². The average Bonchev–Trinajstić information content (AvgIpc) is 3.34. The maximum Gasteiger partial charge on any atom is 0.241 e. The molecule has 0 radical (unpaired) electrons. The van der Waals surface area contributed by atoms with E-state index < -0.39 is 22.2 Å². The van der Waals surface area contributed by atoms with Gasteiger partial charge in [-0.3, -0.25) is 0 Å². The number of imidazole rings is 1. The van der Waals surface area contributed by atoms with Crippen LogP contribution in [0.1, 0.15) is 38.4 Å². The van der Waals surface area contributed by atoms with Crippen LogP contribution < -0.4 is 5.32 Å². The number of piperidine rings is 1. The summed E-state index contributed by atoms with van der Waals surface area (Å²) in [5, 5.41) is 7.87. The fourth-order valence-electron chi connectivity index (χ4n) is 3.65. The molecule has 1 aliphatic heterocycles. The Balaban J connectivity index is 1.57. The number of aromatic nitrogens is 4. The third kappa shape index (κ3) is 3.38. The molecule has 1 aliphatic carbocycles. The molecule has 2 aliphatic rings. The van der Waals surface area contributed by atoms with Crippen LogP contribution in [0.15, 0.2) is 6.20 Å². The SMILES string of the molecule is CCC1(c2nc(Cl)c3cnc(N[C@@H]4CCN(S(C)(=O)=O)C[C@H]4F)nn23)CC1. The number of fused-ring (bicyclic) bond motifs is 1. The van der Waals surface area contributed by atoms with Gasteiger partial charge in [0.05, 0.1) is 18.5 Å². The van der Waals surface area contributed by atoms with Crippen molar-refractivity contribution in [1.82, 2.24) is 23.9 Å². The molecular formula is C16H22ClFN6O2S. The van der Waals surface area contributed by atoms with Gasteiger partial charge in [-0.05, 0) is 25.7 Å². The van der Waals surface area contributed by atoms with E-state index in [2.05, 4.69) is 27.3 Å². The number of halogens is 2. The lowest BCUT2D eigenvalue weighted by Gasteiger charge is -2.33. The van der Waals surface area contributed by atoms with Gasteiger partial charge < -0.3 is 5.32 Å². The zero-order chi connectivity index (χ0) is 19.4. The molecule has 1 N–H and O–H groups in total. The third-order valence-corrected chi connectivity index (χ3v) is 7.19. The molecule has 0 bridgehead atoms. The second-order valence-corrected chi connectivity index (χ2v) is 9.76. The maximum absolute atomic E-state index is 14.5. The highest BCUT2D eigenvalue weighted by atomic mass is 35.5. The summed E-state index contributed by atoms with van der Waals surface area (Å²) in [6.45, 7) is 2.21. The number of rotatable bonds is 5. The van der Waals surface area contributed by atoms with Gasteiger partial charge in [0, 0.05) is 18.5 Å². The summed E-state index contributed by atoms with van der Waals surface area (Å²) in [7, 11) is -3.39. The number of nitrogens with zero attached hydrogens (tertiary/aromatic N) is 5. The van der Waals surface area contributed by atoms with Crippen molar-refractivity contribution in [2.45, 2.75) is 50.2 Å². The van der Waals surface area contributed by atoms with Crippen molar-refractivity contribution in [3.05, 3.63) is 17.2 Å². The molecule has 0 aromatic carbocycles. The number of hydrogen-bond donors (Lipinski definition) is 1. The van der Waals surface area contributed by atoms with Gasteiger partial charge in [-0.2, -0.15) is 4.31 Å².